The largest absolute Gasteiger partial charge is 0.311 e. The molecule has 0 aliphatic carbocycles. The van der Waals surface area contributed by atoms with Crippen molar-refractivity contribution in [3.63, 3.8) is 0 Å². The highest BCUT2D eigenvalue weighted by molar-refractivity contribution is 7.26. The average Bonchev–Trinajstić information content (AvgIpc) is 3.76. The van der Waals surface area contributed by atoms with Crippen LogP contribution in [0.3, 0.4) is 0 Å². The average molecular weight is 831 g/mol. The molecule has 11 aromatic rings. The molecule has 0 saturated carbocycles. The van der Waals surface area contributed by atoms with Crippen LogP contribution in [-0.4, -0.2) is 6.71 Å². The molecule has 2 nitrogen and oxygen atoms in total. The van der Waals surface area contributed by atoms with Crippen molar-refractivity contribution in [2.75, 3.05) is 9.80 Å². The van der Waals surface area contributed by atoms with Gasteiger partial charge in [0, 0.05) is 59.6 Å². The summed E-state index contributed by atoms with van der Waals surface area (Å²) in [5.41, 5.74) is 20.6. The van der Waals surface area contributed by atoms with Crippen molar-refractivity contribution in [2.45, 2.75) is 0 Å². The van der Waals surface area contributed by atoms with Crippen molar-refractivity contribution >= 4 is 88.7 Å². The molecule has 0 spiro atoms. The highest BCUT2D eigenvalue weighted by Gasteiger charge is 2.44. The molecule has 10 aromatic carbocycles. The first kappa shape index (κ1) is 36.7. The molecule has 0 atom stereocenters. The third kappa shape index (κ3) is 5.66. The van der Waals surface area contributed by atoms with Crippen LogP contribution in [0, 0.1) is 0 Å². The molecule has 64 heavy (non-hydrogen) atoms. The fourth-order valence-corrected chi connectivity index (χ4v) is 11.8. The summed E-state index contributed by atoms with van der Waals surface area (Å²) >= 11 is 1.89. The van der Waals surface area contributed by atoms with Gasteiger partial charge in [-0.1, -0.05) is 200 Å². The Balaban J connectivity index is 1.13. The van der Waals surface area contributed by atoms with Crippen molar-refractivity contribution in [1.82, 2.24) is 0 Å². The normalized spacial score (nSPS) is 12.6. The number of thiophene rings is 1. The van der Waals surface area contributed by atoms with Crippen molar-refractivity contribution < 1.29 is 0 Å². The molecule has 0 unspecified atom stereocenters. The van der Waals surface area contributed by atoms with Crippen LogP contribution in [0.2, 0.25) is 0 Å². The molecule has 2 aliphatic heterocycles. The van der Waals surface area contributed by atoms with Crippen LogP contribution in [0.5, 0.6) is 0 Å². The molecule has 298 valence electrons. The summed E-state index contributed by atoms with van der Waals surface area (Å²) in [6, 6.07) is 87.3. The molecule has 13 rings (SSSR count). The van der Waals surface area contributed by atoms with Crippen LogP contribution in [0.15, 0.2) is 237 Å². The number of hydrogen-bond donors (Lipinski definition) is 0. The van der Waals surface area contributed by atoms with Gasteiger partial charge >= 0.3 is 0 Å². The number of anilines is 6. The van der Waals surface area contributed by atoms with E-state index in [0.717, 1.165) is 5.69 Å². The first-order valence-corrected chi connectivity index (χ1v) is 22.9. The van der Waals surface area contributed by atoms with Gasteiger partial charge in [0.1, 0.15) is 0 Å². The maximum absolute atomic E-state index is 2.59. The number of nitrogens with zero attached hydrogens (tertiary/aromatic N) is 2. The highest BCUT2D eigenvalue weighted by atomic mass is 32.1. The second-order valence-electron chi connectivity index (χ2n) is 16.7. The third-order valence-electron chi connectivity index (χ3n) is 13.3. The molecule has 2 aliphatic rings. The fourth-order valence-electron chi connectivity index (χ4n) is 10.5. The monoisotopic (exact) mass is 830 g/mol. The molecule has 3 heterocycles. The van der Waals surface area contributed by atoms with Gasteiger partial charge in [0.05, 0.1) is 11.4 Å². The summed E-state index contributed by atoms with van der Waals surface area (Å²) in [6.45, 7) is -0.0283. The maximum atomic E-state index is 2.59. The number of fused-ring (bicyclic) bond motifs is 7. The quantitative estimate of drug-likeness (QED) is 0.154. The first-order valence-electron chi connectivity index (χ1n) is 22.1. The van der Waals surface area contributed by atoms with Crippen LogP contribution in [0.1, 0.15) is 0 Å². The van der Waals surface area contributed by atoms with Gasteiger partial charge < -0.3 is 9.80 Å². The lowest BCUT2D eigenvalue weighted by Gasteiger charge is -2.45. The van der Waals surface area contributed by atoms with Gasteiger partial charge in [-0.3, -0.25) is 0 Å². The van der Waals surface area contributed by atoms with E-state index in [9.17, 15) is 0 Å². The second kappa shape index (κ2) is 14.9. The highest BCUT2D eigenvalue weighted by Crippen LogP contribution is 2.51. The Morgan fingerprint density at radius 1 is 0.312 bits per heavy atom. The molecule has 4 heteroatoms. The Labute approximate surface area is 377 Å². The zero-order chi connectivity index (χ0) is 42.1. The van der Waals surface area contributed by atoms with Crippen LogP contribution < -0.4 is 26.2 Å². The Hall–Kier alpha value is -7.92. The minimum atomic E-state index is -0.0283. The predicted octanol–water partition coefficient (Wildman–Crippen LogP) is 14.8. The van der Waals surface area contributed by atoms with E-state index in [-0.39, 0.29) is 6.71 Å². The van der Waals surface area contributed by atoms with Crippen LogP contribution in [0.4, 0.5) is 34.1 Å². The summed E-state index contributed by atoms with van der Waals surface area (Å²) in [6.07, 6.45) is 0. The van der Waals surface area contributed by atoms with E-state index in [0.29, 0.717) is 0 Å². The number of benzene rings is 10. The van der Waals surface area contributed by atoms with Crippen molar-refractivity contribution in [3.8, 4) is 44.5 Å². The Bertz CT molecular complexity index is 3520. The predicted molar refractivity (Wildman–Crippen MR) is 275 cm³/mol. The van der Waals surface area contributed by atoms with E-state index in [1.165, 1.54) is 110 Å². The van der Waals surface area contributed by atoms with E-state index in [4.69, 9.17) is 0 Å². The van der Waals surface area contributed by atoms with E-state index < -0.39 is 0 Å². The summed E-state index contributed by atoms with van der Waals surface area (Å²) < 4.78 is 2.64. The molecular weight excluding hydrogens is 792 g/mol. The van der Waals surface area contributed by atoms with Gasteiger partial charge in [0.25, 0.3) is 6.71 Å². The van der Waals surface area contributed by atoms with Crippen molar-refractivity contribution in [2.24, 2.45) is 0 Å². The minimum Gasteiger partial charge on any atom is -0.311 e. The molecule has 0 fully saturated rings. The summed E-state index contributed by atoms with van der Waals surface area (Å²) in [7, 11) is 0. The van der Waals surface area contributed by atoms with E-state index in [1.807, 2.05) is 11.3 Å². The van der Waals surface area contributed by atoms with Gasteiger partial charge in [-0.2, -0.15) is 0 Å². The Morgan fingerprint density at radius 2 is 0.812 bits per heavy atom. The second-order valence-corrected chi connectivity index (χ2v) is 17.8. The molecule has 0 radical (unpaired) electrons. The summed E-state index contributed by atoms with van der Waals surface area (Å²) in [4.78, 5) is 5.12. The topological polar surface area (TPSA) is 6.48 Å². The summed E-state index contributed by atoms with van der Waals surface area (Å²) in [5.74, 6) is 0. The Morgan fingerprint density at radius 3 is 1.55 bits per heavy atom. The van der Waals surface area contributed by atoms with Crippen LogP contribution >= 0.6 is 11.3 Å². The summed E-state index contributed by atoms with van der Waals surface area (Å²) in [5, 5.41) is 2.63. The van der Waals surface area contributed by atoms with Gasteiger partial charge in [-0.15, -0.1) is 11.3 Å². The molecule has 1 aromatic heterocycles. The van der Waals surface area contributed by atoms with E-state index in [1.54, 1.807) is 0 Å². The van der Waals surface area contributed by atoms with E-state index >= 15 is 0 Å². The van der Waals surface area contributed by atoms with Crippen molar-refractivity contribution in [1.29, 1.82) is 0 Å². The standard InChI is InChI=1S/C60H39BN2S/c1-4-19-40(20-5-1)44-25-10-13-32-52(44)62-53-33-14-12-31-50(53)61-51-39-43(47-29-17-30-49-48-26-11-15-36-57(48)64-60(47)49)37-38-54(51)63(56-35-18-34-55(62)58(56)61)59-45(41-21-6-2-7-22-41)27-16-28-46(59)42-23-8-3-9-24-42/h1-39H. The molecule has 0 saturated heterocycles. The first-order chi connectivity index (χ1) is 31.8. The lowest BCUT2D eigenvalue weighted by Crippen LogP contribution is -2.61. The van der Waals surface area contributed by atoms with Gasteiger partial charge in [0.2, 0.25) is 0 Å². The zero-order valence-electron chi connectivity index (χ0n) is 34.9. The molecule has 0 amide bonds. The number of rotatable bonds is 6. The number of para-hydroxylation sites is 3. The smallest absolute Gasteiger partial charge is 0.252 e. The molecule has 0 bridgehead atoms. The van der Waals surface area contributed by atoms with Crippen LogP contribution in [0.25, 0.3) is 64.7 Å². The zero-order valence-corrected chi connectivity index (χ0v) is 35.7. The van der Waals surface area contributed by atoms with Crippen LogP contribution in [-0.2, 0) is 0 Å². The Kier molecular flexibility index (Phi) is 8.53. The van der Waals surface area contributed by atoms with Crippen molar-refractivity contribution in [3.05, 3.63) is 237 Å². The SMILES string of the molecule is c1ccc(-c2ccccc2N2c3ccccc3B3c4cc(-c5cccc6c5sc5ccccc56)ccc4N(c4c(-c5ccccc5)cccc4-c4ccccc4)c4cccc2c43)cc1. The minimum absolute atomic E-state index is 0.0283. The number of hydrogen-bond acceptors (Lipinski definition) is 3. The van der Waals surface area contributed by atoms with Gasteiger partial charge in [-0.25, -0.2) is 0 Å². The fraction of sp³-hybridized carbons (Fsp3) is 0. The van der Waals surface area contributed by atoms with Gasteiger partial charge in [0.15, 0.2) is 0 Å². The molecular formula is C60H39BN2S. The third-order valence-corrected chi connectivity index (χ3v) is 14.5. The van der Waals surface area contributed by atoms with Gasteiger partial charge in [-0.05, 0) is 80.6 Å². The lowest BCUT2D eigenvalue weighted by atomic mass is 9.33. The maximum Gasteiger partial charge on any atom is 0.252 e. The van der Waals surface area contributed by atoms with E-state index in [2.05, 4.69) is 246 Å². The molecule has 0 N–H and O–H groups in total. The lowest BCUT2D eigenvalue weighted by molar-refractivity contribution is 1.25.